The van der Waals surface area contributed by atoms with Crippen molar-refractivity contribution in [3.05, 3.63) is 35.9 Å². The van der Waals surface area contributed by atoms with Gasteiger partial charge in [0, 0.05) is 24.0 Å². The van der Waals surface area contributed by atoms with Gasteiger partial charge in [0.05, 0.1) is 11.9 Å². The third-order valence-corrected chi connectivity index (χ3v) is 3.87. The predicted molar refractivity (Wildman–Crippen MR) is 77.7 cm³/mol. The van der Waals surface area contributed by atoms with Gasteiger partial charge in [0.1, 0.15) is 0 Å². The van der Waals surface area contributed by atoms with E-state index in [0.717, 1.165) is 19.4 Å². The van der Waals surface area contributed by atoms with Crippen LogP contribution in [0, 0.1) is 5.41 Å². The first-order valence-electron chi connectivity index (χ1n) is 7.18. The molecule has 3 rings (SSSR count). The van der Waals surface area contributed by atoms with E-state index in [-0.39, 0.29) is 5.41 Å². The average molecular weight is 271 g/mol. The van der Waals surface area contributed by atoms with E-state index in [0.29, 0.717) is 12.0 Å². The van der Waals surface area contributed by atoms with E-state index in [1.807, 2.05) is 16.9 Å². The fourth-order valence-corrected chi connectivity index (χ4v) is 3.04. The largest absolute Gasteiger partial charge is 0.310 e. The van der Waals surface area contributed by atoms with Gasteiger partial charge in [0.15, 0.2) is 0 Å². The van der Waals surface area contributed by atoms with Gasteiger partial charge in [-0.05, 0) is 30.9 Å². The lowest BCUT2D eigenvalue weighted by atomic mass is 9.74. The van der Waals surface area contributed by atoms with E-state index >= 15 is 0 Å². The van der Waals surface area contributed by atoms with Crippen molar-refractivity contribution in [1.29, 1.82) is 0 Å². The number of aromatic nitrogens is 4. The van der Waals surface area contributed by atoms with Crippen LogP contribution in [0.25, 0.3) is 5.95 Å². The Bertz CT molecular complexity index is 588. The summed E-state index contributed by atoms with van der Waals surface area (Å²) in [7, 11) is 0. The van der Waals surface area contributed by atoms with Gasteiger partial charge in [0.25, 0.3) is 5.95 Å². The van der Waals surface area contributed by atoms with Crippen LogP contribution in [0.1, 0.15) is 44.5 Å². The fraction of sp³-hybridized carbons (Fsp3) is 0.533. The number of rotatable bonds is 3. The Balaban J connectivity index is 2.05. The average Bonchev–Trinajstić information content (AvgIpc) is 2.82. The van der Waals surface area contributed by atoms with Gasteiger partial charge in [-0.3, -0.25) is 0 Å². The molecule has 1 aliphatic carbocycles. The molecule has 0 saturated carbocycles. The van der Waals surface area contributed by atoms with Gasteiger partial charge in [0.2, 0.25) is 0 Å². The zero-order valence-corrected chi connectivity index (χ0v) is 12.3. The van der Waals surface area contributed by atoms with Crippen molar-refractivity contribution < 1.29 is 0 Å². The van der Waals surface area contributed by atoms with Crippen LogP contribution in [0.2, 0.25) is 0 Å². The Morgan fingerprint density at radius 3 is 2.80 bits per heavy atom. The highest BCUT2D eigenvalue weighted by molar-refractivity contribution is 5.31. The Hall–Kier alpha value is -1.75. The Morgan fingerprint density at radius 2 is 2.10 bits per heavy atom. The topological polar surface area (TPSA) is 55.6 Å². The summed E-state index contributed by atoms with van der Waals surface area (Å²) < 4.78 is 1.89. The van der Waals surface area contributed by atoms with Gasteiger partial charge < -0.3 is 5.32 Å². The first kappa shape index (κ1) is 13.2. The number of fused-ring (bicyclic) bond motifs is 1. The number of nitrogens with one attached hydrogen (secondary N) is 1. The highest BCUT2D eigenvalue weighted by atomic mass is 15.3. The van der Waals surface area contributed by atoms with Gasteiger partial charge in [-0.15, -0.1) is 0 Å². The number of nitrogens with zero attached hydrogens (tertiary/aromatic N) is 4. The molecule has 5 nitrogen and oxygen atoms in total. The SMILES string of the molecule is CCNC1CC(C)(C)Cc2c1cnn2-c1ncccn1. The van der Waals surface area contributed by atoms with E-state index in [4.69, 9.17) is 0 Å². The van der Waals surface area contributed by atoms with Crippen molar-refractivity contribution in [3.63, 3.8) is 0 Å². The maximum atomic E-state index is 4.52. The van der Waals surface area contributed by atoms with Gasteiger partial charge in [-0.2, -0.15) is 5.10 Å². The second kappa shape index (κ2) is 4.98. The molecule has 1 atom stereocenters. The summed E-state index contributed by atoms with van der Waals surface area (Å²) in [5.74, 6) is 0.654. The molecule has 2 aromatic rings. The standard InChI is InChI=1S/C15H21N5/c1-4-16-12-8-15(2,3)9-13-11(12)10-19-20(13)14-17-6-5-7-18-14/h5-7,10,12,16H,4,8-9H2,1-3H3. The molecule has 0 amide bonds. The molecule has 0 aromatic carbocycles. The summed E-state index contributed by atoms with van der Waals surface area (Å²) in [6.45, 7) is 7.73. The summed E-state index contributed by atoms with van der Waals surface area (Å²) in [4.78, 5) is 8.63. The van der Waals surface area contributed by atoms with Crippen molar-refractivity contribution in [1.82, 2.24) is 25.1 Å². The van der Waals surface area contributed by atoms with Crippen LogP contribution in [-0.4, -0.2) is 26.3 Å². The summed E-state index contributed by atoms with van der Waals surface area (Å²) in [5, 5.41) is 8.08. The van der Waals surface area contributed by atoms with Crippen molar-refractivity contribution >= 4 is 0 Å². The molecule has 0 saturated heterocycles. The molecule has 20 heavy (non-hydrogen) atoms. The maximum absolute atomic E-state index is 4.52. The van der Waals surface area contributed by atoms with Gasteiger partial charge in [-0.25, -0.2) is 14.6 Å². The van der Waals surface area contributed by atoms with Crippen LogP contribution in [-0.2, 0) is 6.42 Å². The van der Waals surface area contributed by atoms with Crippen LogP contribution in [0.4, 0.5) is 0 Å². The normalized spacial score (nSPS) is 20.6. The smallest absolute Gasteiger partial charge is 0.250 e. The van der Waals surface area contributed by atoms with E-state index < -0.39 is 0 Å². The predicted octanol–water partition coefficient (Wildman–Crippen LogP) is 2.29. The molecular formula is C15H21N5. The molecule has 0 bridgehead atoms. The molecular weight excluding hydrogens is 250 g/mol. The monoisotopic (exact) mass is 271 g/mol. The Kier molecular flexibility index (Phi) is 3.30. The van der Waals surface area contributed by atoms with Crippen molar-refractivity contribution in [2.75, 3.05) is 6.54 Å². The second-order valence-corrected chi connectivity index (χ2v) is 6.16. The Morgan fingerprint density at radius 1 is 1.35 bits per heavy atom. The van der Waals surface area contributed by atoms with Crippen LogP contribution < -0.4 is 5.32 Å². The van der Waals surface area contributed by atoms with Crippen LogP contribution in [0.15, 0.2) is 24.7 Å². The lowest BCUT2D eigenvalue weighted by Gasteiger charge is -2.35. The van der Waals surface area contributed by atoms with Crippen LogP contribution >= 0.6 is 0 Å². The number of hydrogen-bond acceptors (Lipinski definition) is 4. The molecule has 2 heterocycles. The van der Waals surface area contributed by atoms with Gasteiger partial charge >= 0.3 is 0 Å². The highest BCUT2D eigenvalue weighted by Crippen LogP contribution is 2.40. The van der Waals surface area contributed by atoms with Crippen LogP contribution in [0.5, 0.6) is 0 Å². The third-order valence-electron chi connectivity index (χ3n) is 3.87. The summed E-state index contributed by atoms with van der Waals surface area (Å²) in [6.07, 6.45) is 7.62. The lowest BCUT2D eigenvalue weighted by Crippen LogP contribution is -2.33. The molecule has 0 radical (unpaired) electrons. The lowest BCUT2D eigenvalue weighted by molar-refractivity contribution is 0.255. The molecule has 1 aliphatic rings. The van der Waals surface area contributed by atoms with Gasteiger partial charge in [-0.1, -0.05) is 20.8 Å². The molecule has 0 aliphatic heterocycles. The summed E-state index contributed by atoms with van der Waals surface area (Å²) >= 11 is 0. The molecule has 0 fully saturated rings. The summed E-state index contributed by atoms with van der Waals surface area (Å²) in [5.41, 5.74) is 2.78. The minimum atomic E-state index is 0.256. The first-order valence-corrected chi connectivity index (χ1v) is 7.18. The van der Waals surface area contributed by atoms with Crippen molar-refractivity contribution in [2.45, 2.75) is 39.7 Å². The first-order chi connectivity index (χ1) is 9.61. The van der Waals surface area contributed by atoms with Crippen molar-refractivity contribution in [2.24, 2.45) is 5.41 Å². The highest BCUT2D eigenvalue weighted by Gasteiger charge is 2.35. The third kappa shape index (κ3) is 2.33. The molecule has 0 spiro atoms. The molecule has 1 N–H and O–H groups in total. The van der Waals surface area contributed by atoms with E-state index in [2.05, 4.69) is 41.2 Å². The van der Waals surface area contributed by atoms with Crippen LogP contribution in [0.3, 0.4) is 0 Å². The Labute approximate surface area is 119 Å². The molecule has 2 aromatic heterocycles. The summed E-state index contributed by atoms with van der Waals surface area (Å²) in [6, 6.07) is 2.20. The van der Waals surface area contributed by atoms with E-state index in [9.17, 15) is 0 Å². The fourth-order valence-electron chi connectivity index (χ4n) is 3.04. The number of hydrogen-bond donors (Lipinski definition) is 1. The van der Waals surface area contributed by atoms with E-state index in [1.54, 1.807) is 12.4 Å². The van der Waals surface area contributed by atoms with E-state index in [1.165, 1.54) is 11.3 Å². The van der Waals surface area contributed by atoms with Crippen molar-refractivity contribution in [3.8, 4) is 5.95 Å². The minimum absolute atomic E-state index is 0.256. The minimum Gasteiger partial charge on any atom is -0.310 e. The maximum Gasteiger partial charge on any atom is 0.250 e. The zero-order chi connectivity index (χ0) is 14.2. The second-order valence-electron chi connectivity index (χ2n) is 6.16. The molecule has 1 unspecified atom stereocenters. The zero-order valence-electron chi connectivity index (χ0n) is 12.3. The molecule has 106 valence electrons. The molecule has 5 heteroatoms. The quantitative estimate of drug-likeness (QED) is 0.930.